The second-order valence-electron chi connectivity index (χ2n) is 7.37. The largest absolute Gasteiger partial charge is 0.427 e. The molecule has 0 aliphatic heterocycles. The van der Waals surface area contributed by atoms with Crippen molar-refractivity contribution in [2.45, 2.75) is 84.5 Å². The predicted octanol–water partition coefficient (Wildman–Crippen LogP) is 6.53. The van der Waals surface area contributed by atoms with Gasteiger partial charge in [0.05, 0.1) is 17.6 Å². The van der Waals surface area contributed by atoms with E-state index in [1.165, 1.54) is 44.9 Å². The maximum absolute atomic E-state index is 11.7. The fraction of sp³-hybridized carbons (Fsp3) is 0.542. The number of hydrogen-bond acceptors (Lipinski definition) is 4. The van der Waals surface area contributed by atoms with Crippen LogP contribution in [0.15, 0.2) is 36.7 Å². The summed E-state index contributed by atoms with van der Waals surface area (Å²) in [7, 11) is 0. The Morgan fingerprint density at radius 1 is 0.821 bits per heavy atom. The molecule has 0 radical (unpaired) electrons. The van der Waals surface area contributed by atoms with Crippen molar-refractivity contribution in [1.82, 2.24) is 9.97 Å². The number of unbranched alkanes of at least 4 members (excludes halogenated alkanes) is 7. The zero-order chi connectivity index (χ0) is 20.0. The fourth-order valence-electron chi connectivity index (χ4n) is 3.09. The second-order valence-corrected chi connectivity index (χ2v) is 7.37. The van der Waals surface area contributed by atoms with Crippen LogP contribution < -0.4 is 4.74 Å². The van der Waals surface area contributed by atoms with Crippen molar-refractivity contribution in [3.8, 4) is 17.0 Å². The minimum Gasteiger partial charge on any atom is -0.427 e. The number of carbonyl (C=O) groups excluding carboxylic acids is 1. The van der Waals surface area contributed by atoms with Gasteiger partial charge >= 0.3 is 5.97 Å². The maximum atomic E-state index is 11.7. The predicted molar refractivity (Wildman–Crippen MR) is 114 cm³/mol. The van der Waals surface area contributed by atoms with E-state index in [0.717, 1.165) is 36.2 Å². The van der Waals surface area contributed by atoms with Crippen LogP contribution in [0.1, 0.15) is 83.7 Å². The molecule has 1 aromatic carbocycles. The van der Waals surface area contributed by atoms with Crippen LogP contribution in [0.25, 0.3) is 11.3 Å². The third-order valence-corrected chi connectivity index (χ3v) is 4.86. The molecule has 4 heteroatoms. The lowest BCUT2D eigenvalue weighted by atomic mass is 10.1. The summed E-state index contributed by atoms with van der Waals surface area (Å²) in [6.07, 6.45) is 16.2. The van der Waals surface area contributed by atoms with E-state index in [4.69, 9.17) is 4.74 Å². The van der Waals surface area contributed by atoms with Crippen molar-refractivity contribution in [3.63, 3.8) is 0 Å². The smallest absolute Gasteiger partial charge is 0.311 e. The number of nitrogens with zero attached hydrogens (tertiary/aromatic N) is 2. The Kier molecular flexibility index (Phi) is 10.3. The summed E-state index contributed by atoms with van der Waals surface area (Å²) in [4.78, 5) is 20.8. The maximum Gasteiger partial charge on any atom is 0.311 e. The minimum absolute atomic E-state index is 0.177. The van der Waals surface area contributed by atoms with Gasteiger partial charge in [-0.25, -0.2) is 0 Å². The fourth-order valence-corrected chi connectivity index (χ4v) is 3.09. The van der Waals surface area contributed by atoms with Crippen LogP contribution in [0.3, 0.4) is 0 Å². The minimum atomic E-state index is -0.177. The number of aromatic nitrogens is 2. The molecule has 0 N–H and O–H groups in total. The van der Waals surface area contributed by atoms with Crippen molar-refractivity contribution >= 4 is 5.97 Å². The van der Waals surface area contributed by atoms with Crippen molar-refractivity contribution in [2.24, 2.45) is 0 Å². The summed E-state index contributed by atoms with van der Waals surface area (Å²) >= 11 is 0. The molecule has 1 heterocycles. The molecule has 0 amide bonds. The normalized spacial score (nSPS) is 10.8. The van der Waals surface area contributed by atoms with Gasteiger partial charge < -0.3 is 4.74 Å². The van der Waals surface area contributed by atoms with Crippen LogP contribution >= 0.6 is 0 Å². The van der Waals surface area contributed by atoms with Gasteiger partial charge in [0.2, 0.25) is 0 Å². The Morgan fingerprint density at radius 3 is 2.14 bits per heavy atom. The first-order chi connectivity index (χ1) is 13.7. The Balaban J connectivity index is 1.77. The molecule has 0 aliphatic rings. The van der Waals surface area contributed by atoms with Crippen LogP contribution in [0.5, 0.6) is 5.75 Å². The van der Waals surface area contributed by atoms with E-state index in [1.54, 1.807) is 0 Å². The van der Waals surface area contributed by atoms with E-state index >= 15 is 0 Å². The average molecular weight is 383 g/mol. The number of aryl methyl sites for hydroxylation is 1. The molecule has 152 valence electrons. The number of benzene rings is 1. The highest BCUT2D eigenvalue weighted by Crippen LogP contribution is 2.21. The molecule has 0 saturated carbocycles. The van der Waals surface area contributed by atoms with Crippen LogP contribution in [-0.4, -0.2) is 15.9 Å². The summed E-state index contributed by atoms with van der Waals surface area (Å²) in [5.41, 5.74) is 2.87. The first kappa shape index (κ1) is 22.1. The van der Waals surface area contributed by atoms with Gasteiger partial charge in [-0.3, -0.25) is 14.8 Å². The third-order valence-electron chi connectivity index (χ3n) is 4.86. The highest BCUT2D eigenvalue weighted by Gasteiger charge is 2.06. The van der Waals surface area contributed by atoms with E-state index < -0.39 is 0 Å². The number of rotatable bonds is 13. The van der Waals surface area contributed by atoms with E-state index in [0.29, 0.717) is 12.2 Å². The molecular formula is C24H34N2O2. The Bertz CT molecular complexity index is 681. The van der Waals surface area contributed by atoms with E-state index in [9.17, 15) is 4.79 Å². The average Bonchev–Trinajstić information content (AvgIpc) is 2.73. The lowest BCUT2D eigenvalue weighted by molar-refractivity contribution is -0.134. The lowest BCUT2D eigenvalue weighted by Gasteiger charge is -2.06. The first-order valence-corrected chi connectivity index (χ1v) is 10.8. The molecule has 0 unspecified atom stereocenters. The summed E-state index contributed by atoms with van der Waals surface area (Å²) in [5, 5.41) is 0. The zero-order valence-corrected chi connectivity index (χ0v) is 17.5. The van der Waals surface area contributed by atoms with Crippen molar-refractivity contribution in [3.05, 3.63) is 42.4 Å². The molecule has 4 nitrogen and oxygen atoms in total. The molecule has 0 aliphatic carbocycles. The van der Waals surface area contributed by atoms with Gasteiger partial charge in [-0.2, -0.15) is 0 Å². The molecule has 2 aromatic rings. The Hall–Kier alpha value is -2.23. The van der Waals surface area contributed by atoms with Gasteiger partial charge in [0.1, 0.15) is 5.75 Å². The number of hydrogen-bond donors (Lipinski definition) is 0. The van der Waals surface area contributed by atoms with E-state index in [-0.39, 0.29) is 5.97 Å². The molecule has 0 fully saturated rings. The first-order valence-electron chi connectivity index (χ1n) is 10.8. The Labute approximate surface area is 169 Å². The topological polar surface area (TPSA) is 52.1 Å². The highest BCUT2D eigenvalue weighted by atomic mass is 16.5. The van der Waals surface area contributed by atoms with Gasteiger partial charge in [0.25, 0.3) is 0 Å². The van der Waals surface area contributed by atoms with Crippen LogP contribution in [0.2, 0.25) is 0 Å². The molecule has 0 bridgehead atoms. The van der Waals surface area contributed by atoms with Gasteiger partial charge in [0.15, 0.2) is 0 Å². The number of carbonyl (C=O) groups is 1. The van der Waals surface area contributed by atoms with Gasteiger partial charge in [-0.15, -0.1) is 0 Å². The molecule has 1 aromatic heterocycles. The van der Waals surface area contributed by atoms with Crippen molar-refractivity contribution in [2.75, 3.05) is 0 Å². The quantitative estimate of drug-likeness (QED) is 0.224. The monoisotopic (exact) mass is 382 g/mol. The second kappa shape index (κ2) is 13.0. The Morgan fingerprint density at radius 2 is 1.50 bits per heavy atom. The van der Waals surface area contributed by atoms with Crippen LogP contribution in [0, 0.1) is 0 Å². The molecular weight excluding hydrogens is 348 g/mol. The number of esters is 1. The standard InChI is InChI=1S/C24H34N2O2/c1-3-5-7-8-9-10-11-12-21-18-26-23(19-25-21)20-14-16-22(17-15-20)28-24(27)13-6-4-2/h14-19H,3-13H2,1-2H3. The molecule has 0 atom stereocenters. The highest BCUT2D eigenvalue weighted by molar-refractivity contribution is 5.72. The number of ether oxygens (including phenoxy) is 1. The summed E-state index contributed by atoms with van der Waals surface area (Å²) in [6, 6.07) is 7.46. The van der Waals surface area contributed by atoms with Crippen molar-refractivity contribution in [1.29, 1.82) is 0 Å². The zero-order valence-electron chi connectivity index (χ0n) is 17.5. The third kappa shape index (κ3) is 8.20. The molecule has 2 rings (SSSR count). The van der Waals surface area contributed by atoms with Gasteiger partial charge in [0, 0.05) is 18.2 Å². The molecule has 0 saturated heterocycles. The van der Waals surface area contributed by atoms with E-state index in [2.05, 4.69) is 23.8 Å². The molecule has 28 heavy (non-hydrogen) atoms. The summed E-state index contributed by atoms with van der Waals surface area (Å²) < 4.78 is 5.34. The SMILES string of the molecule is CCCCCCCCCc1cnc(-c2ccc(OC(=O)CCCC)cc2)cn1. The van der Waals surface area contributed by atoms with Crippen LogP contribution in [0.4, 0.5) is 0 Å². The summed E-state index contributed by atoms with van der Waals surface area (Å²) in [6.45, 7) is 4.31. The van der Waals surface area contributed by atoms with E-state index in [1.807, 2.05) is 36.7 Å². The van der Waals surface area contributed by atoms with Crippen molar-refractivity contribution < 1.29 is 9.53 Å². The van der Waals surface area contributed by atoms with Gasteiger partial charge in [-0.1, -0.05) is 58.8 Å². The van der Waals surface area contributed by atoms with Crippen LogP contribution in [-0.2, 0) is 11.2 Å². The van der Waals surface area contributed by atoms with Gasteiger partial charge in [-0.05, 0) is 43.5 Å². The lowest BCUT2D eigenvalue weighted by Crippen LogP contribution is -2.07. The molecule has 0 spiro atoms. The summed E-state index contributed by atoms with van der Waals surface area (Å²) in [5.74, 6) is 0.400.